The molecule has 1 aromatic heterocycles. The molecule has 0 aliphatic carbocycles. The van der Waals surface area contributed by atoms with Crippen molar-refractivity contribution >= 4 is 11.7 Å². The van der Waals surface area contributed by atoms with Crippen LogP contribution in [0, 0.1) is 12.7 Å². The maximum atomic E-state index is 13.7. The Bertz CT molecular complexity index is 689. The van der Waals surface area contributed by atoms with E-state index < -0.39 is 5.82 Å². The molecule has 2 aromatic rings. The molecule has 0 saturated carbocycles. The molecule has 0 bridgehead atoms. The molecule has 0 unspecified atom stereocenters. The standard InChI is InChI=1S/C18H22FN3O2/c1-12-4-7-17(21-11-12)22-18(23)8-9-20-13(2)14-5-6-16(24-3)15(19)10-14/h4-7,10-11,13,20H,8-9H2,1-3H3,(H,21,22,23)/t13-/m0/s1. The Morgan fingerprint density at radius 2 is 2.12 bits per heavy atom. The molecule has 0 aliphatic heterocycles. The monoisotopic (exact) mass is 331 g/mol. The summed E-state index contributed by atoms with van der Waals surface area (Å²) in [5.41, 5.74) is 1.84. The average Bonchev–Trinajstić information content (AvgIpc) is 2.56. The van der Waals surface area contributed by atoms with E-state index in [1.807, 2.05) is 19.9 Å². The van der Waals surface area contributed by atoms with Gasteiger partial charge in [0.05, 0.1) is 7.11 Å². The highest BCUT2D eigenvalue weighted by Crippen LogP contribution is 2.21. The first-order chi connectivity index (χ1) is 11.5. The third-order valence-electron chi connectivity index (χ3n) is 3.66. The molecule has 0 radical (unpaired) electrons. The van der Waals surface area contributed by atoms with Crippen molar-refractivity contribution in [1.29, 1.82) is 0 Å². The number of hydrogen-bond donors (Lipinski definition) is 2. The van der Waals surface area contributed by atoms with E-state index in [9.17, 15) is 9.18 Å². The number of benzene rings is 1. The molecule has 1 aromatic carbocycles. The number of nitrogens with one attached hydrogen (secondary N) is 2. The molecule has 24 heavy (non-hydrogen) atoms. The van der Waals surface area contributed by atoms with Crippen LogP contribution >= 0.6 is 0 Å². The fourth-order valence-electron chi connectivity index (χ4n) is 2.22. The minimum absolute atomic E-state index is 0.0734. The van der Waals surface area contributed by atoms with Crippen molar-refractivity contribution in [3.05, 3.63) is 53.5 Å². The molecule has 0 fully saturated rings. The van der Waals surface area contributed by atoms with Gasteiger partial charge in [0.1, 0.15) is 5.82 Å². The summed E-state index contributed by atoms with van der Waals surface area (Å²) >= 11 is 0. The van der Waals surface area contributed by atoms with Crippen molar-refractivity contribution in [3.63, 3.8) is 0 Å². The first-order valence-electron chi connectivity index (χ1n) is 7.79. The van der Waals surface area contributed by atoms with Gasteiger partial charge in [0, 0.05) is 25.2 Å². The highest BCUT2D eigenvalue weighted by atomic mass is 19.1. The second-order valence-electron chi connectivity index (χ2n) is 5.59. The lowest BCUT2D eigenvalue weighted by Gasteiger charge is -2.15. The number of nitrogens with zero attached hydrogens (tertiary/aromatic N) is 1. The molecule has 0 saturated heterocycles. The summed E-state index contributed by atoms with van der Waals surface area (Å²) in [5, 5.41) is 5.94. The van der Waals surface area contributed by atoms with Gasteiger partial charge in [-0.25, -0.2) is 9.37 Å². The summed E-state index contributed by atoms with van der Waals surface area (Å²) in [4.78, 5) is 16.0. The van der Waals surface area contributed by atoms with Crippen LogP contribution < -0.4 is 15.4 Å². The molecule has 1 atom stereocenters. The first kappa shape index (κ1) is 17.9. The van der Waals surface area contributed by atoms with Crippen molar-refractivity contribution in [3.8, 4) is 5.75 Å². The van der Waals surface area contributed by atoms with Gasteiger partial charge in [0.2, 0.25) is 5.91 Å². The topological polar surface area (TPSA) is 63.2 Å². The third kappa shape index (κ3) is 5.03. The van der Waals surface area contributed by atoms with Crippen molar-refractivity contribution < 1.29 is 13.9 Å². The number of pyridine rings is 1. The van der Waals surface area contributed by atoms with E-state index in [2.05, 4.69) is 15.6 Å². The molecule has 5 nitrogen and oxygen atoms in total. The zero-order chi connectivity index (χ0) is 17.5. The third-order valence-corrected chi connectivity index (χ3v) is 3.66. The number of rotatable bonds is 7. The van der Waals surface area contributed by atoms with E-state index >= 15 is 0 Å². The molecule has 0 spiro atoms. The maximum absolute atomic E-state index is 13.7. The number of methoxy groups -OCH3 is 1. The van der Waals surface area contributed by atoms with E-state index in [-0.39, 0.29) is 17.7 Å². The first-order valence-corrected chi connectivity index (χ1v) is 7.79. The Morgan fingerprint density at radius 1 is 1.33 bits per heavy atom. The van der Waals surface area contributed by atoms with Gasteiger partial charge in [0.25, 0.3) is 0 Å². The summed E-state index contributed by atoms with van der Waals surface area (Å²) in [5.74, 6) is 0.241. The molecular formula is C18H22FN3O2. The van der Waals surface area contributed by atoms with Crippen LogP contribution in [-0.4, -0.2) is 24.5 Å². The molecule has 2 N–H and O–H groups in total. The Hall–Kier alpha value is -2.47. The largest absolute Gasteiger partial charge is 0.494 e. The van der Waals surface area contributed by atoms with Crippen LogP contribution in [0.1, 0.15) is 30.5 Å². The van der Waals surface area contributed by atoms with Crippen molar-refractivity contribution in [1.82, 2.24) is 10.3 Å². The quantitative estimate of drug-likeness (QED) is 0.818. The van der Waals surface area contributed by atoms with E-state index in [0.29, 0.717) is 18.8 Å². The number of amides is 1. The SMILES string of the molecule is COc1ccc([C@H](C)NCCC(=O)Nc2ccc(C)cn2)cc1F. The zero-order valence-electron chi connectivity index (χ0n) is 14.1. The number of carbonyl (C=O) groups is 1. The van der Waals surface area contributed by atoms with Crippen LogP contribution in [0.15, 0.2) is 36.5 Å². The van der Waals surface area contributed by atoms with Crippen LogP contribution in [0.4, 0.5) is 10.2 Å². The normalized spacial score (nSPS) is 11.8. The number of hydrogen-bond acceptors (Lipinski definition) is 4. The lowest BCUT2D eigenvalue weighted by Crippen LogP contribution is -2.24. The number of carbonyl (C=O) groups excluding carboxylic acids is 1. The van der Waals surface area contributed by atoms with Gasteiger partial charge in [-0.05, 0) is 43.2 Å². The maximum Gasteiger partial charge on any atom is 0.226 e. The van der Waals surface area contributed by atoms with Gasteiger partial charge < -0.3 is 15.4 Å². The smallest absolute Gasteiger partial charge is 0.226 e. The minimum Gasteiger partial charge on any atom is -0.494 e. The lowest BCUT2D eigenvalue weighted by atomic mass is 10.1. The Labute approximate surface area is 141 Å². The van der Waals surface area contributed by atoms with Crippen LogP contribution in [-0.2, 0) is 4.79 Å². The molecule has 1 heterocycles. The molecule has 2 rings (SSSR count). The number of ether oxygens (including phenoxy) is 1. The summed E-state index contributed by atoms with van der Waals surface area (Å²) < 4.78 is 18.6. The predicted octanol–water partition coefficient (Wildman–Crippen LogP) is 3.22. The highest BCUT2D eigenvalue weighted by Gasteiger charge is 2.10. The van der Waals surface area contributed by atoms with E-state index in [1.54, 1.807) is 24.4 Å². The number of aromatic nitrogens is 1. The fraction of sp³-hybridized carbons (Fsp3) is 0.333. The van der Waals surface area contributed by atoms with Gasteiger partial charge in [-0.1, -0.05) is 12.1 Å². The molecule has 1 amide bonds. The van der Waals surface area contributed by atoms with Gasteiger partial charge in [-0.15, -0.1) is 0 Å². The highest BCUT2D eigenvalue weighted by molar-refractivity contribution is 5.89. The molecular weight excluding hydrogens is 309 g/mol. The van der Waals surface area contributed by atoms with Crippen molar-refractivity contribution in [2.24, 2.45) is 0 Å². The van der Waals surface area contributed by atoms with Gasteiger partial charge in [-0.2, -0.15) is 0 Å². The second kappa shape index (κ2) is 8.40. The van der Waals surface area contributed by atoms with E-state index in [1.165, 1.54) is 13.2 Å². The van der Waals surface area contributed by atoms with Gasteiger partial charge >= 0.3 is 0 Å². The molecule has 0 aliphatic rings. The Kier molecular flexibility index (Phi) is 6.26. The Balaban J connectivity index is 1.79. The number of anilines is 1. The number of halogens is 1. The van der Waals surface area contributed by atoms with Crippen LogP contribution in [0.5, 0.6) is 5.75 Å². The molecule has 6 heteroatoms. The zero-order valence-corrected chi connectivity index (χ0v) is 14.1. The number of aryl methyl sites for hydroxylation is 1. The predicted molar refractivity (Wildman–Crippen MR) is 91.6 cm³/mol. The second-order valence-corrected chi connectivity index (χ2v) is 5.59. The average molecular weight is 331 g/mol. The van der Waals surface area contributed by atoms with Crippen LogP contribution in [0.25, 0.3) is 0 Å². The summed E-state index contributed by atoms with van der Waals surface area (Å²) in [7, 11) is 1.43. The fourth-order valence-corrected chi connectivity index (χ4v) is 2.22. The van der Waals surface area contributed by atoms with E-state index in [0.717, 1.165) is 11.1 Å². The van der Waals surface area contributed by atoms with Crippen LogP contribution in [0.3, 0.4) is 0 Å². The lowest BCUT2D eigenvalue weighted by molar-refractivity contribution is -0.116. The molecule has 128 valence electrons. The minimum atomic E-state index is -0.396. The summed E-state index contributed by atoms with van der Waals surface area (Å²) in [6.45, 7) is 4.33. The van der Waals surface area contributed by atoms with Crippen molar-refractivity contribution in [2.45, 2.75) is 26.3 Å². The van der Waals surface area contributed by atoms with Gasteiger partial charge in [-0.3, -0.25) is 4.79 Å². The Morgan fingerprint density at radius 3 is 2.75 bits per heavy atom. The van der Waals surface area contributed by atoms with Gasteiger partial charge in [0.15, 0.2) is 11.6 Å². The summed E-state index contributed by atoms with van der Waals surface area (Å²) in [6.07, 6.45) is 2.01. The van der Waals surface area contributed by atoms with Crippen LogP contribution in [0.2, 0.25) is 0 Å². The van der Waals surface area contributed by atoms with Crippen molar-refractivity contribution in [2.75, 3.05) is 19.0 Å². The van der Waals surface area contributed by atoms with E-state index in [4.69, 9.17) is 4.74 Å². The summed E-state index contributed by atoms with van der Waals surface area (Å²) in [6, 6.07) is 8.42.